The summed E-state index contributed by atoms with van der Waals surface area (Å²) < 4.78 is 0. The normalized spacial score (nSPS) is 25.8. The molecule has 5 heteroatoms. The Bertz CT molecular complexity index is 452. The summed E-state index contributed by atoms with van der Waals surface area (Å²) in [5.74, 6) is -0.475. The van der Waals surface area contributed by atoms with Gasteiger partial charge >= 0.3 is 6.03 Å². The molecule has 2 rings (SSSR count). The number of barbiturate groups is 1. The highest BCUT2D eigenvalue weighted by Gasteiger charge is 2.51. The topological polar surface area (TPSA) is 66.5 Å². The maximum absolute atomic E-state index is 12.6. The van der Waals surface area contributed by atoms with E-state index >= 15 is 0 Å². The van der Waals surface area contributed by atoms with Crippen LogP contribution in [0.5, 0.6) is 0 Å². The molecule has 4 amide bonds. The molecule has 20 heavy (non-hydrogen) atoms. The summed E-state index contributed by atoms with van der Waals surface area (Å²) >= 11 is 0. The van der Waals surface area contributed by atoms with Crippen molar-refractivity contribution in [2.45, 2.75) is 46.0 Å². The average molecular weight is 278 g/mol. The number of amides is 4. The number of hydrogen-bond donors (Lipinski definition) is 1. The van der Waals surface area contributed by atoms with Gasteiger partial charge in [0.05, 0.1) is 0 Å². The zero-order valence-corrected chi connectivity index (χ0v) is 12.1. The number of imide groups is 2. The predicted octanol–water partition coefficient (Wildman–Crippen LogP) is 2.23. The SMILES string of the molecule is CCC1(CC)C(=O)NC(=O)N(CC2CC=CCC2)C1=O. The van der Waals surface area contributed by atoms with Gasteiger partial charge in [-0.05, 0) is 38.0 Å². The summed E-state index contributed by atoms with van der Waals surface area (Å²) in [7, 11) is 0. The van der Waals surface area contributed by atoms with E-state index in [1.54, 1.807) is 0 Å². The molecule has 0 radical (unpaired) electrons. The van der Waals surface area contributed by atoms with Crippen LogP contribution in [0.25, 0.3) is 0 Å². The third-order valence-electron chi connectivity index (χ3n) is 4.58. The highest BCUT2D eigenvalue weighted by Crippen LogP contribution is 2.33. The molecule has 0 aromatic heterocycles. The van der Waals surface area contributed by atoms with Crippen molar-refractivity contribution < 1.29 is 14.4 Å². The molecule has 5 nitrogen and oxygen atoms in total. The fourth-order valence-electron chi connectivity index (χ4n) is 3.05. The molecule has 1 unspecified atom stereocenters. The maximum Gasteiger partial charge on any atom is 0.330 e. The van der Waals surface area contributed by atoms with E-state index < -0.39 is 17.4 Å². The van der Waals surface area contributed by atoms with Crippen molar-refractivity contribution in [3.63, 3.8) is 0 Å². The molecular weight excluding hydrogens is 256 g/mol. The fraction of sp³-hybridized carbons (Fsp3) is 0.667. The van der Waals surface area contributed by atoms with Gasteiger partial charge in [-0.1, -0.05) is 26.0 Å². The molecule has 1 N–H and O–H groups in total. The maximum atomic E-state index is 12.6. The summed E-state index contributed by atoms with van der Waals surface area (Å²) in [6.07, 6.45) is 7.91. The van der Waals surface area contributed by atoms with Gasteiger partial charge < -0.3 is 0 Å². The van der Waals surface area contributed by atoms with E-state index in [4.69, 9.17) is 0 Å². The van der Waals surface area contributed by atoms with Crippen molar-refractivity contribution in [1.29, 1.82) is 0 Å². The Morgan fingerprint density at radius 2 is 1.95 bits per heavy atom. The first-order chi connectivity index (χ1) is 9.55. The zero-order valence-electron chi connectivity index (χ0n) is 12.1. The van der Waals surface area contributed by atoms with Crippen LogP contribution >= 0.6 is 0 Å². The predicted molar refractivity (Wildman–Crippen MR) is 74.7 cm³/mol. The summed E-state index contributed by atoms with van der Waals surface area (Å²) in [5, 5.41) is 2.35. The Hall–Kier alpha value is -1.65. The molecule has 1 aliphatic carbocycles. The van der Waals surface area contributed by atoms with Crippen molar-refractivity contribution in [3.05, 3.63) is 12.2 Å². The van der Waals surface area contributed by atoms with E-state index in [-0.39, 0.29) is 5.91 Å². The number of allylic oxidation sites excluding steroid dienone is 2. The van der Waals surface area contributed by atoms with Gasteiger partial charge in [0.15, 0.2) is 0 Å². The van der Waals surface area contributed by atoms with Crippen LogP contribution < -0.4 is 5.32 Å². The molecule has 1 saturated heterocycles. The van der Waals surface area contributed by atoms with Gasteiger partial charge in [0.1, 0.15) is 5.41 Å². The Kier molecular flexibility index (Phi) is 4.26. The number of nitrogens with one attached hydrogen (secondary N) is 1. The van der Waals surface area contributed by atoms with E-state index in [0.29, 0.717) is 25.3 Å². The van der Waals surface area contributed by atoms with Crippen molar-refractivity contribution in [3.8, 4) is 0 Å². The Labute approximate surface area is 119 Å². The quantitative estimate of drug-likeness (QED) is 0.633. The molecule has 1 aliphatic heterocycles. The van der Waals surface area contributed by atoms with Crippen LogP contribution in [-0.4, -0.2) is 29.3 Å². The highest BCUT2D eigenvalue weighted by atomic mass is 16.2. The van der Waals surface area contributed by atoms with Gasteiger partial charge in [-0.25, -0.2) is 4.79 Å². The van der Waals surface area contributed by atoms with Crippen LogP contribution in [-0.2, 0) is 9.59 Å². The smallest absolute Gasteiger partial charge is 0.277 e. The van der Waals surface area contributed by atoms with Crippen LogP contribution in [0.3, 0.4) is 0 Å². The molecule has 0 aromatic rings. The first-order valence-electron chi connectivity index (χ1n) is 7.37. The standard InChI is InChI=1S/C15H22N2O3/c1-3-15(4-2)12(18)16-14(20)17(13(15)19)10-11-8-6-5-7-9-11/h5-6,11H,3-4,7-10H2,1-2H3,(H,16,18,20). The summed E-state index contributed by atoms with van der Waals surface area (Å²) in [6.45, 7) is 4.04. The van der Waals surface area contributed by atoms with Crippen LogP contribution in [0.2, 0.25) is 0 Å². The number of hydrogen-bond acceptors (Lipinski definition) is 3. The number of urea groups is 1. The molecule has 1 fully saturated rings. The number of rotatable bonds is 4. The van der Waals surface area contributed by atoms with E-state index in [9.17, 15) is 14.4 Å². The minimum atomic E-state index is -1.07. The second kappa shape index (κ2) is 5.77. The monoisotopic (exact) mass is 278 g/mol. The average Bonchev–Trinajstić information content (AvgIpc) is 2.46. The molecule has 1 atom stereocenters. The minimum absolute atomic E-state index is 0.300. The first-order valence-corrected chi connectivity index (χ1v) is 7.37. The summed E-state index contributed by atoms with van der Waals surface area (Å²) in [4.78, 5) is 37.9. The fourth-order valence-corrected chi connectivity index (χ4v) is 3.05. The summed E-state index contributed by atoms with van der Waals surface area (Å²) in [6, 6.07) is -0.563. The second-order valence-corrected chi connectivity index (χ2v) is 5.61. The molecule has 0 aromatic carbocycles. The molecule has 0 bridgehead atoms. The lowest BCUT2D eigenvalue weighted by atomic mass is 9.78. The Balaban J connectivity index is 2.19. The second-order valence-electron chi connectivity index (χ2n) is 5.61. The van der Waals surface area contributed by atoms with Gasteiger partial charge in [-0.3, -0.25) is 19.8 Å². The largest absolute Gasteiger partial charge is 0.330 e. The molecule has 1 heterocycles. The van der Waals surface area contributed by atoms with Gasteiger partial charge in [0, 0.05) is 6.54 Å². The number of carbonyl (C=O) groups excluding carboxylic acids is 3. The van der Waals surface area contributed by atoms with Gasteiger partial charge in [-0.2, -0.15) is 0 Å². The Morgan fingerprint density at radius 3 is 2.50 bits per heavy atom. The van der Waals surface area contributed by atoms with Crippen LogP contribution in [0.15, 0.2) is 12.2 Å². The van der Waals surface area contributed by atoms with E-state index in [1.807, 2.05) is 13.8 Å². The van der Waals surface area contributed by atoms with Crippen molar-refractivity contribution in [2.24, 2.45) is 11.3 Å². The number of nitrogens with zero attached hydrogens (tertiary/aromatic N) is 1. The van der Waals surface area contributed by atoms with Gasteiger partial charge in [0.2, 0.25) is 11.8 Å². The van der Waals surface area contributed by atoms with E-state index in [2.05, 4.69) is 17.5 Å². The zero-order chi connectivity index (χ0) is 14.8. The first kappa shape index (κ1) is 14.8. The van der Waals surface area contributed by atoms with Gasteiger partial charge in [0.25, 0.3) is 0 Å². The molecule has 110 valence electrons. The van der Waals surface area contributed by atoms with E-state index in [0.717, 1.165) is 19.3 Å². The van der Waals surface area contributed by atoms with Crippen molar-refractivity contribution in [2.75, 3.05) is 6.54 Å². The van der Waals surface area contributed by atoms with Gasteiger partial charge in [-0.15, -0.1) is 0 Å². The molecule has 0 spiro atoms. The minimum Gasteiger partial charge on any atom is -0.277 e. The molecule has 2 aliphatic rings. The van der Waals surface area contributed by atoms with E-state index in [1.165, 1.54) is 4.90 Å². The summed E-state index contributed by atoms with van der Waals surface area (Å²) in [5.41, 5.74) is -1.07. The van der Waals surface area contributed by atoms with Crippen molar-refractivity contribution in [1.82, 2.24) is 10.2 Å². The Morgan fingerprint density at radius 1 is 1.25 bits per heavy atom. The highest BCUT2D eigenvalue weighted by molar-refractivity contribution is 6.19. The lowest BCUT2D eigenvalue weighted by Gasteiger charge is -2.39. The van der Waals surface area contributed by atoms with Crippen LogP contribution in [0, 0.1) is 11.3 Å². The molecular formula is C15H22N2O3. The van der Waals surface area contributed by atoms with Crippen LogP contribution in [0.1, 0.15) is 46.0 Å². The molecule has 0 saturated carbocycles. The van der Waals surface area contributed by atoms with Crippen molar-refractivity contribution >= 4 is 17.8 Å². The number of carbonyl (C=O) groups is 3. The lowest BCUT2D eigenvalue weighted by Crippen LogP contribution is -2.64. The third kappa shape index (κ3) is 2.37. The van der Waals surface area contributed by atoms with Crippen LogP contribution in [0.4, 0.5) is 4.79 Å². The lowest BCUT2D eigenvalue weighted by molar-refractivity contribution is -0.152. The third-order valence-corrected chi connectivity index (χ3v) is 4.58.